The number of hydrogen-bond acceptors (Lipinski definition) is 4. The number of hydrogen-bond donors (Lipinski definition) is 1. The Morgan fingerprint density at radius 3 is 2.60 bits per heavy atom. The van der Waals surface area contributed by atoms with Crippen molar-refractivity contribution in [3.05, 3.63) is 40.5 Å². The number of nitrogens with one attached hydrogen (secondary N) is 1. The monoisotopic (exact) mass is 358 g/mol. The van der Waals surface area contributed by atoms with E-state index in [1.165, 1.54) is 17.3 Å². The highest BCUT2D eigenvalue weighted by atomic mass is 79.9. The predicted molar refractivity (Wildman–Crippen MR) is 78.7 cm³/mol. The Morgan fingerprint density at radius 2 is 2.00 bits per heavy atom. The molecule has 20 heavy (non-hydrogen) atoms. The third-order valence-corrected chi connectivity index (χ3v) is 5.12. The van der Waals surface area contributed by atoms with Gasteiger partial charge in [0.2, 0.25) is 5.03 Å². The average molecular weight is 359 g/mol. The summed E-state index contributed by atoms with van der Waals surface area (Å²) in [6.07, 6.45) is 1.56. The summed E-state index contributed by atoms with van der Waals surface area (Å²) in [6.45, 7) is 0.370. The minimum Gasteiger partial charge on any atom is -0.235 e. The molecule has 1 heterocycles. The van der Waals surface area contributed by atoms with E-state index in [1.807, 2.05) is 30.3 Å². The second-order valence-electron chi connectivity index (χ2n) is 4.30. The molecule has 0 atom stereocenters. The van der Waals surface area contributed by atoms with Crippen LogP contribution in [0.5, 0.6) is 0 Å². The van der Waals surface area contributed by atoms with Crippen LogP contribution in [0.1, 0.15) is 12.0 Å². The minimum absolute atomic E-state index is 0.0391. The molecule has 6 nitrogen and oxygen atoms in total. The number of halogens is 1. The maximum atomic E-state index is 12.1. The molecule has 1 aromatic heterocycles. The van der Waals surface area contributed by atoms with Crippen molar-refractivity contribution in [3.8, 4) is 0 Å². The zero-order valence-electron chi connectivity index (χ0n) is 11.0. The van der Waals surface area contributed by atoms with Gasteiger partial charge in [-0.15, -0.1) is 5.10 Å². The van der Waals surface area contributed by atoms with Gasteiger partial charge in [-0.05, 0) is 34.3 Å². The topological polar surface area (TPSA) is 76.9 Å². The molecular formula is C12H15BrN4O2S. The van der Waals surface area contributed by atoms with E-state index in [1.54, 1.807) is 0 Å². The molecule has 0 spiro atoms. The number of benzene rings is 1. The van der Waals surface area contributed by atoms with Crippen LogP contribution in [0.3, 0.4) is 0 Å². The average Bonchev–Trinajstić information content (AvgIpc) is 2.76. The quantitative estimate of drug-likeness (QED) is 0.793. The summed E-state index contributed by atoms with van der Waals surface area (Å²) in [7, 11) is -2.05. The first kappa shape index (κ1) is 15.1. The van der Waals surface area contributed by atoms with Crippen molar-refractivity contribution in [1.29, 1.82) is 0 Å². The van der Waals surface area contributed by atoms with Gasteiger partial charge in [-0.3, -0.25) is 0 Å². The molecular weight excluding hydrogens is 344 g/mol. The minimum atomic E-state index is -3.59. The molecule has 2 rings (SSSR count). The largest absolute Gasteiger partial charge is 0.260 e. The van der Waals surface area contributed by atoms with E-state index in [0.717, 1.165) is 12.8 Å². The molecule has 0 fully saturated rings. The molecule has 0 amide bonds. The maximum absolute atomic E-state index is 12.1. The van der Waals surface area contributed by atoms with Crippen molar-refractivity contribution in [3.63, 3.8) is 0 Å². The lowest BCUT2D eigenvalue weighted by Crippen LogP contribution is -2.27. The van der Waals surface area contributed by atoms with Crippen molar-refractivity contribution in [2.24, 2.45) is 7.05 Å². The highest BCUT2D eigenvalue weighted by molar-refractivity contribution is 9.10. The maximum Gasteiger partial charge on any atom is 0.260 e. The highest BCUT2D eigenvalue weighted by Crippen LogP contribution is 2.17. The van der Waals surface area contributed by atoms with Crippen LogP contribution in [0.25, 0.3) is 0 Å². The zero-order chi connectivity index (χ0) is 14.6. The van der Waals surface area contributed by atoms with Gasteiger partial charge >= 0.3 is 0 Å². The summed E-state index contributed by atoms with van der Waals surface area (Å²) in [5.74, 6) is 0. The summed E-state index contributed by atoms with van der Waals surface area (Å²) in [6, 6.07) is 9.95. The molecule has 0 aliphatic carbocycles. The van der Waals surface area contributed by atoms with Crippen LogP contribution >= 0.6 is 15.9 Å². The molecule has 0 saturated carbocycles. The molecule has 0 saturated heterocycles. The van der Waals surface area contributed by atoms with Gasteiger partial charge in [0.15, 0.2) is 4.60 Å². The van der Waals surface area contributed by atoms with Crippen LogP contribution in [0.15, 0.2) is 40.0 Å². The Labute approximate surface area is 126 Å². The molecule has 2 aromatic rings. The van der Waals surface area contributed by atoms with E-state index in [4.69, 9.17) is 0 Å². The Hall–Kier alpha value is -1.25. The number of nitrogens with zero attached hydrogens (tertiary/aromatic N) is 3. The lowest BCUT2D eigenvalue weighted by atomic mass is 10.1. The van der Waals surface area contributed by atoms with Gasteiger partial charge in [-0.25, -0.2) is 17.8 Å². The summed E-state index contributed by atoms with van der Waals surface area (Å²) in [5, 5.41) is 7.37. The van der Waals surface area contributed by atoms with Crippen LogP contribution in [0, 0.1) is 0 Å². The van der Waals surface area contributed by atoms with Crippen LogP contribution < -0.4 is 4.72 Å². The zero-order valence-corrected chi connectivity index (χ0v) is 13.4. The number of sulfonamides is 1. The molecule has 0 aliphatic heterocycles. The third-order valence-electron chi connectivity index (χ3n) is 2.77. The molecule has 8 heteroatoms. The van der Waals surface area contributed by atoms with E-state index in [-0.39, 0.29) is 9.63 Å². The van der Waals surface area contributed by atoms with Gasteiger partial charge in [0, 0.05) is 13.6 Å². The van der Waals surface area contributed by atoms with Crippen LogP contribution in [-0.2, 0) is 23.5 Å². The molecule has 0 unspecified atom stereocenters. The lowest BCUT2D eigenvalue weighted by Gasteiger charge is -2.06. The fourth-order valence-corrected chi connectivity index (χ4v) is 3.98. The molecule has 1 aromatic carbocycles. The second-order valence-corrected chi connectivity index (χ2v) is 6.73. The normalized spacial score (nSPS) is 11.7. The van der Waals surface area contributed by atoms with Crippen LogP contribution in [-0.4, -0.2) is 30.0 Å². The predicted octanol–water partition coefficient (Wildman–Crippen LogP) is 1.49. The van der Waals surface area contributed by atoms with Gasteiger partial charge in [0.1, 0.15) is 0 Å². The fourth-order valence-electron chi connectivity index (χ4n) is 1.82. The van der Waals surface area contributed by atoms with E-state index >= 15 is 0 Å². The van der Waals surface area contributed by atoms with Crippen molar-refractivity contribution in [1.82, 2.24) is 19.7 Å². The fraction of sp³-hybridized carbons (Fsp3) is 0.333. The van der Waals surface area contributed by atoms with Crippen LogP contribution in [0.4, 0.5) is 0 Å². The van der Waals surface area contributed by atoms with E-state index < -0.39 is 10.0 Å². The second kappa shape index (κ2) is 6.47. The Kier molecular flexibility index (Phi) is 4.90. The van der Waals surface area contributed by atoms with Gasteiger partial charge in [-0.1, -0.05) is 35.5 Å². The van der Waals surface area contributed by atoms with Gasteiger partial charge in [0.05, 0.1) is 0 Å². The standard InChI is InChI=1S/C12H15BrN4O2S/c1-17-12(11(13)15-16-17)20(18,19)14-9-5-8-10-6-3-2-4-7-10/h2-4,6-7,14H,5,8-9H2,1H3. The Morgan fingerprint density at radius 1 is 1.30 bits per heavy atom. The molecule has 1 N–H and O–H groups in total. The molecule has 108 valence electrons. The van der Waals surface area contributed by atoms with E-state index in [0.29, 0.717) is 6.54 Å². The van der Waals surface area contributed by atoms with Crippen molar-refractivity contribution in [2.45, 2.75) is 17.9 Å². The van der Waals surface area contributed by atoms with Crippen LogP contribution in [0.2, 0.25) is 0 Å². The van der Waals surface area contributed by atoms with Crippen molar-refractivity contribution >= 4 is 26.0 Å². The van der Waals surface area contributed by atoms with Gasteiger partial charge < -0.3 is 0 Å². The first-order valence-electron chi connectivity index (χ1n) is 6.09. The molecule has 0 aliphatic rings. The van der Waals surface area contributed by atoms with E-state index in [2.05, 4.69) is 31.0 Å². The first-order valence-corrected chi connectivity index (χ1v) is 8.37. The number of aromatic nitrogens is 3. The SMILES string of the molecule is Cn1nnc(Br)c1S(=O)(=O)NCCCc1ccccc1. The smallest absolute Gasteiger partial charge is 0.235 e. The highest BCUT2D eigenvalue weighted by Gasteiger charge is 2.23. The number of rotatable bonds is 6. The lowest BCUT2D eigenvalue weighted by molar-refractivity contribution is 0.558. The van der Waals surface area contributed by atoms with Crippen molar-refractivity contribution in [2.75, 3.05) is 6.54 Å². The van der Waals surface area contributed by atoms with Gasteiger partial charge in [0.25, 0.3) is 10.0 Å². The first-order chi connectivity index (χ1) is 9.50. The Balaban J connectivity index is 1.91. The molecule has 0 radical (unpaired) electrons. The summed E-state index contributed by atoms with van der Waals surface area (Å²) in [5.41, 5.74) is 1.19. The number of aryl methyl sites for hydroxylation is 2. The summed E-state index contributed by atoms with van der Waals surface area (Å²) >= 11 is 3.09. The summed E-state index contributed by atoms with van der Waals surface area (Å²) < 4.78 is 28.2. The third kappa shape index (κ3) is 3.65. The Bertz CT molecular complexity index is 651. The van der Waals surface area contributed by atoms with E-state index in [9.17, 15) is 8.42 Å². The van der Waals surface area contributed by atoms with Gasteiger partial charge in [-0.2, -0.15) is 0 Å². The van der Waals surface area contributed by atoms with Crippen molar-refractivity contribution < 1.29 is 8.42 Å². The molecule has 0 bridgehead atoms. The summed E-state index contributed by atoms with van der Waals surface area (Å²) in [4.78, 5) is 0.